The van der Waals surface area contributed by atoms with Gasteiger partial charge in [-0.3, -0.25) is 0 Å². The van der Waals surface area contributed by atoms with Crippen molar-refractivity contribution in [3.05, 3.63) is 141 Å². The number of para-hydroxylation sites is 3. The summed E-state index contributed by atoms with van der Waals surface area (Å²) in [4.78, 5) is 27.7. The number of anilines is 6. The predicted molar refractivity (Wildman–Crippen MR) is 380 cm³/mol. The quantitative estimate of drug-likeness (QED) is 0.0274. The molecule has 7 aromatic rings. The first-order valence-corrected chi connectivity index (χ1v) is 36.0. The first-order chi connectivity index (χ1) is 45.1. The number of rotatable bonds is 24. The van der Waals surface area contributed by atoms with Crippen LogP contribution in [0, 0.1) is 54.2 Å². The van der Waals surface area contributed by atoms with Gasteiger partial charge in [0.25, 0.3) is 0 Å². The van der Waals surface area contributed by atoms with E-state index in [0.717, 1.165) is 145 Å². The third-order valence-corrected chi connectivity index (χ3v) is 22.4. The highest BCUT2D eigenvalue weighted by molar-refractivity contribution is 7.10. The summed E-state index contributed by atoms with van der Waals surface area (Å²) in [5.41, 5.74) is 18.1. The lowest BCUT2D eigenvalue weighted by Gasteiger charge is -2.37. The minimum absolute atomic E-state index is 0.0563. The first kappa shape index (κ1) is 62.3. The fourth-order valence-corrected chi connectivity index (χ4v) is 17.1. The van der Waals surface area contributed by atoms with Crippen LogP contribution in [0.4, 0.5) is 39.3 Å². The molecule has 0 spiro atoms. The molecule has 11 N–H and O–H groups in total. The number of fused-ring (bicyclic) bond motifs is 3. The van der Waals surface area contributed by atoms with E-state index in [-0.39, 0.29) is 17.9 Å². The van der Waals surface area contributed by atoms with Crippen molar-refractivity contribution in [1.29, 1.82) is 0 Å². The Labute approximate surface area is 547 Å². The standard InChI is InChI=1S/C75H96FN15S/c1-5-63(49-24-25-49)84-71-58-20-9-15-50(26-30-77)67(58)86-73(89-71)80-42-46-13-7-16-51(37-46)61-41-62(61)64(6-2)85-72-60-22-10-18-56(48-27-31-78-32-28-48)68(60)87-74(90-72)81-43-47-14-8-17-53(38-47)65-39-52(29-33-79-65)57-19-11-21-59-69(57)88-75(83-55-36-44(3)35-54(76)40-55)91-70(59)82-45(4)66-23-12-34-92-66/h9-12,15,18-23,27,34-36,39-40,45-47,49,51,53,61-65,75,78-79,83,88H,5-8,13-14,16-17,24-26,28-33,37-38,41-43,77H2,1-4H3,(H,82,91)(H2,80,84,86,89)(H2,81,85,87,90)/t45-,46?,47?,51?,53?,61?,62?,63-,64-,65?,75?/m1/s1. The number of aliphatic imine (C=N–C) groups is 1. The summed E-state index contributed by atoms with van der Waals surface area (Å²) < 4.78 is 14.7. The third kappa shape index (κ3) is 14.2. The van der Waals surface area contributed by atoms with Crippen LogP contribution in [-0.4, -0.2) is 89.5 Å². The molecule has 0 saturated heterocycles. The van der Waals surface area contributed by atoms with Crippen LogP contribution in [0.1, 0.15) is 156 Å². The van der Waals surface area contributed by atoms with Gasteiger partial charge in [0, 0.05) is 75.8 Å². The van der Waals surface area contributed by atoms with Crippen LogP contribution in [0.2, 0.25) is 0 Å². The Bertz CT molecular complexity index is 3800. The Balaban J connectivity index is 0.655. The molecule has 484 valence electrons. The number of nitrogens with zero attached hydrogens (tertiary/aromatic N) is 5. The Morgan fingerprint density at radius 2 is 1.41 bits per heavy atom. The summed E-state index contributed by atoms with van der Waals surface area (Å²) in [7, 11) is 0. The maximum Gasteiger partial charge on any atom is 0.225 e. The largest absolute Gasteiger partial charge is 0.366 e. The highest BCUT2D eigenvalue weighted by Gasteiger charge is 2.48. The molecule has 3 aromatic heterocycles. The summed E-state index contributed by atoms with van der Waals surface area (Å²) >= 11 is 1.74. The summed E-state index contributed by atoms with van der Waals surface area (Å²) in [5, 5.41) is 38.5. The smallest absolute Gasteiger partial charge is 0.225 e. The highest BCUT2D eigenvalue weighted by atomic mass is 32.1. The minimum Gasteiger partial charge on any atom is -0.366 e. The predicted octanol–water partition coefficient (Wildman–Crippen LogP) is 14.9. The second-order valence-corrected chi connectivity index (χ2v) is 28.8. The molecule has 0 bridgehead atoms. The second kappa shape index (κ2) is 28.2. The summed E-state index contributed by atoms with van der Waals surface area (Å²) in [5.74, 6) is 8.21. The summed E-state index contributed by atoms with van der Waals surface area (Å²) in [6, 6.07) is 30.1. The topological polar surface area (TPSA) is 198 Å². The van der Waals surface area contributed by atoms with E-state index in [1.807, 2.05) is 13.0 Å². The monoisotopic (exact) mass is 1260 g/mol. The SMILES string of the molecule is CC[C@@H](Nc1nc(NCC2CCCC(C3CC3[C@@H](CC)Nc3nc(NCC4CCCC(C5C=C(c6cccc7c6NC(Nc6cc(C)cc(F)c6)N=C7N[C@H](C)c6cccs6)CCN5)C4)nc4c(C5=CCNCC5)cccc34)C2)nc2c(CCN)cccc12)C1CC1. The van der Waals surface area contributed by atoms with Crippen molar-refractivity contribution in [2.75, 3.05) is 71.2 Å². The molecule has 4 saturated carbocycles. The Morgan fingerprint density at radius 3 is 2.14 bits per heavy atom. The van der Waals surface area contributed by atoms with Gasteiger partial charge < -0.3 is 53.6 Å². The lowest BCUT2D eigenvalue weighted by Crippen LogP contribution is -2.41. The van der Waals surface area contributed by atoms with Gasteiger partial charge in [-0.1, -0.05) is 87.7 Å². The average Bonchev–Trinajstić information content (AvgIpc) is 1.06. The minimum atomic E-state index is -0.509. The van der Waals surface area contributed by atoms with Gasteiger partial charge >= 0.3 is 0 Å². The van der Waals surface area contributed by atoms with Crippen LogP contribution < -0.4 is 53.6 Å². The number of benzene rings is 4. The van der Waals surface area contributed by atoms with E-state index in [1.54, 1.807) is 17.4 Å². The van der Waals surface area contributed by atoms with E-state index >= 15 is 0 Å². The molecule has 0 radical (unpaired) electrons. The summed E-state index contributed by atoms with van der Waals surface area (Å²) in [6.07, 6.45) is 22.8. The van der Waals surface area contributed by atoms with Gasteiger partial charge in [0.05, 0.1) is 22.8 Å². The van der Waals surface area contributed by atoms with Crippen LogP contribution in [0.3, 0.4) is 0 Å². The number of hydrogen-bond acceptors (Lipinski definition) is 16. The van der Waals surface area contributed by atoms with E-state index in [4.69, 9.17) is 30.7 Å². The van der Waals surface area contributed by atoms with Gasteiger partial charge in [0.2, 0.25) is 11.9 Å². The summed E-state index contributed by atoms with van der Waals surface area (Å²) in [6.45, 7) is 13.8. The van der Waals surface area contributed by atoms with Crippen LogP contribution in [0.15, 0.2) is 107 Å². The molecule has 15 nitrogen and oxygen atoms in total. The molecule has 4 aliphatic carbocycles. The van der Waals surface area contributed by atoms with Crippen molar-refractivity contribution in [1.82, 2.24) is 35.9 Å². The number of nitrogens with two attached hydrogens (primary N) is 1. The van der Waals surface area contributed by atoms with Gasteiger partial charge in [-0.25, -0.2) is 19.4 Å². The number of halogens is 1. The van der Waals surface area contributed by atoms with E-state index in [2.05, 4.69) is 153 Å². The molecule has 3 aliphatic heterocycles. The van der Waals surface area contributed by atoms with Crippen molar-refractivity contribution in [3.8, 4) is 0 Å². The van der Waals surface area contributed by atoms with Crippen molar-refractivity contribution >= 4 is 85.0 Å². The number of nitrogens with one attached hydrogen (secondary N) is 9. The molecule has 7 aliphatic rings. The van der Waals surface area contributed by atoms with Gasteiger partial charge in [-0.15, -0.1) is 11.3 Å². The third-order valence-electron chi connectivity index (χ3n) is 21.4. The first-order valence-electron chi connectivity index (χ1n) is 35.1. The molecule has 92 heavy (non-hydrogen) atoms. The van der Waals surface area contributed by atoms with Crippen LogP contribution in [0.25, 0.3) is 33.0 Å². The second-order valence-electron chi connectivity index (χ2n) is 27.8. The zero-order chi connectivity index (χ0) is 62.7. The Kier molecular flexibility index (Phi) is 19.1. The lowest BCUT2D eigenvalue weighted by molar-refractivity contribution is 0.238. The molecule has 14 rings (SSSR count). The van der Waals surface area contributed by atoms with E-state index in [1.165, 1.54) is 103 Å². The fourth-order valence-electron chi connectivity index (χ4n) is 16.4. The van der Waals surface area contributed by atoms with Crippen LogP contribution in [0.5, 0.6) is 0 Å². The number of thiophene rings is 1. The van der Waals surface area contributed by atoms with Gasteiger partial charge in [-0.2, -0.15) is 9.97 Å². The van der Waals surface area contributed by atoms with Gasteiger partial charge in [-0.05, 0) is 228 Å². The van der Waals surface area contributed by atoms with Crippen molar-refractivity contribution in [2.45, 2.75) is 161 Å². The van der Waals surface area contributed by atoms with Crippen molar-refractivity contribution < 1.29 is 4.39 Å². The number of aryl methyl sites for hydroxylation is 1. The van der Waals surface area contributed by atoms with Gasteiger partial charge in [0.15, 0.2) is 6.29 Å². The zero-order valence-electron chi connectivity index (χ0n) is 54.4. The Morgan fingerprint density at radius 1 is 0.707 bits per heavy atom. The fraction of sp³-hybridized carbons (Fsp3) is 0.507. The molecule has 0 amide bonds. The maximum atomic E-state index is 14.7. The highest BCUT2D eigenvalue weighted by Crippen LogP contribution is 2.53. The lowest BCUT2D eigenvalue weighted by atomic mass is 9.76. The number of hydrogen-bond donors (Lipinski definition) is 10. The molecule has 6 heterocycles. The van der Waals surface area contributed by atoms with Crippen LogP contribution in [-0.2, 0) is 6.42 Å². The normalized spacial score (nSPS) is 24.9. The number of amidine groups is 1. The molecule has 17 heteroatoms. The molecular weight excluding hydrogens is 1160 g/mol. The van der Waals surface area contributed by atoms with Crippen molar-refractivity contribution in [3.63, 3.8) is 0 Å². The van der Waals surface area contributed by atoms with E-state index < -0.39 is 6.29 Å². The Hall–Kier alpha value is -7.18. The molecule has 11 atom stereocenters. The van der Waals surface area contributed by atoms with Crippen LogP contribution >= 0.6 is 11.3 Å². The average molecular weight is 1260 g/mol. The van der Waals surface area contributed by atoms with Gasteiger partial charge in [0.1, 0.15) is 23.3 Å². The molecule has 4 aromatic carbocycles. The molecular formula is C75H96FN15S. The molecule has 4 fully saturated rings. The number of aromatic nitrogens is 4. The zero-order valence-corrected chi connectivity index (χ0v) is 55.2. The van der Waals surface area contributed by atoms with Crippen molar-refractivity contribution in [2.24, 2.45) is 52.2 Å². The van der Waals surface area contributed by atoms with E-state index in [0.29, 0.717) is 59.8 Å². The molecule has 8 unspecified atom stereocenters. The maximum absolute atomic E-state index is 14.7. The van der Waals surface area contributed by atoms with E-state index in [9.17, 15) is 4.39 Å².